The second kappa shape index (κ2) is 5.71. The molecule has 5 nitrogen and oxygen atoms in total. The molecular formula is C13H19ClN4O. The molecule has 3 rings (SSSR count). The first kappa shape index (κ1) is 13.2. The van der Waals surface area contributed by atoms with Crippen LogP contribution < -0.4 is 0 Å². The van der Waals surface area contributed by atoms with Gasteiger partial charge in [0.15, 0.2) is 0 Å². The number of rotatable bonds is 2. The van der Waals surface area contributed by atoms with Crippen molar-refractivity contribution in [2.75, 3.05) is 33.3 Å². The fourth-order valence-electron chi connectivity index (χ4n) is 2.97. The first-order valence-electron chi connectivity index (χ1n) is 6.73. The van der Waals surface area contributed by atoms with E-state index in [-0.39, 0.29) is 0 Å². The van der Waals surface area contributed by atoms with Crippen molar-refractivity contribution in [3.05, 3.63) is 23.2 Å². The summed E-state index contributed by atoms with van der Waals surface area (Å²) < 4.78 is 5.90. The van der Waals surface area contributed by atoms with E-state index in [1.54, 1.807) is 12.4 Å². The van der Waals surface area contributed by atoms with Gasteiger partial charge < -0.3 is 4.74 Å². The molecule has 0 saturated carbocycles. The summed E-state index contributed by atoms with van der Waals surface area (Å²) >= 11 is 5.70. The second-order valence-corrected chi connectivity index (χ2v) is 5.68. The van der Waals surface area contributed by atoms with E-state index in [1.165, 1.54) is 0 Å². The van der Waals surface area contributed by atoms with Gasteiger partial charge in [-0.3, -0.25) is 9.80 Å². The maximum absolute atomic E-state index is 5.90. The van der Waals surface area contributed by atoms with E-state index in [0.29, 0.717) is 17.4 Å². The summed E-state index contributed by atoms with van der Waals surface area (Å²) in [5.74, 6) is 0. The summed E-state index contributed by atoms with van der Waals surface area (Å²) in [6, 6.07) is 0.575. The largest absolute Gasteiger partial charge is 0.374 e. The van der Waals surface area contributed by atoms with Crippen LogP contribution >= 0.6 is 11.6 Å². The Morgan fingerprint density at radius 1 is 1.37 bits per heavy atom. The predicted molar refractivity (Wildman–Crippen MR) is 73.1 cm³/mol. The van der Waals surface area contributed by atoms with Gasteiger partial charge in [0, 0.05) is 50.2 Å². The monoisotopic (exact) mass is 282 g/mol. The van der Waals surface area contributed by atoms with E-state index in [2.05, 4.69) is 26.8 Å². The van der Waals surface area contributed by atoms with Gasteiger partial charge in [0.05, 0.1) is 12.7 Å². The molecule has 19 heavy (non-hydrogen) atoms. The Bertz CT molecular complexity index is 427. The molecule has 104 valence electrons. The van der Waals surface area contributed by atoms with Crippen LogP contribution in [0.2, 0.25) is 5.28 Å². The molecule has 2 aliphatic rings. The lowest BCUT2D eigenvalue weighted by molar-refractivity contribution is -0.0975. The van der Waals surface area contributed by atoms with Crippen molar-refractivity contribution in [1.29, 1.82) is 0 Å². The molecule has 1 aromatic heterocycles. The van der Waals surface area contributed by atoms with E-state index >= 15 is 0 Å². The zero-order chi connectivity index (χ0) is 13.2. The molecule has 2 aliphatic heterocycles. The van der Waals surface area contributed by atoms with Crippen LogP contribution in [0.5, 0.6) is 0 Å². The highest BCUT2D eigenvalue weighted by molar-refractivity contribution is 6.28. The van der Waals surface area contributed by atoms with Crippen LogP contribution in [0.1, 0.15) is 12.0 Å². The number of likely N-dealkylation sites (tertiary alicyclic amines) is 1. The standard InChI is InChI=1S/C13H19ClN4O/c1-17-4-5-19-12-9-18(3-2-11(12)17)8-10-6-15-13(14)16-7-10/h6-7,11-12H,2-5,8-9H2,1H3/t11-,12-/m0/s1. The van der Waals surface area contributed by atoms with Gasteiger partial charge in [0.25, 0.3) is 0 Å². The van der Waals surface area contributed by atoms with Gasteiger partial charge in [0.1, 0.15) is 0 Å². The molecule has 0 bridgehead atoms. The Morgan fingerprint density at radius 3 is 2.95 bits per heavy atom. The van der Waals surface area contributed by atoms with Crippen molar-refractivity contribution < 1.29 is 4.74 Å². The molecule has 0 unspecified atom stereocenters. The number of likely N-dealkylation sites (N-methyl/N-ethyl adjacent to an activating group) is 1. The van der Waals surface area contributed by atoms with E-state index < -0.39 is 0 Å². The zero-order valence-electron chi connectivity index (χ0n) is 11.1. The molecule has 6 heteroatoms. The van der Waals surface area contributed by atoms with Crippen LogP contribution in [0.4, 0.5) is 0 Å². The Hall–Kier alpha value is -0.750. The van der Waals surface area contributed by atoms with Crippen LogP contribution in [0.3, 0.4) is 0 Å². The number of hydrogen-bond acceptors (Lipinski definition) is 5. The third-order valence-electron chi connectivity index (χ3n) is 4.03. The number of aromatic nitrogens is 2. The lowest BCUT2D eigenvalue weighted by atomic mass is 9.98. The van der Waals surface area contributed by atoms with Crippen LogP contribution in [0.25, 0.3) is 0 Å². The number of piperidine rings is 1. The van der Waals surface area contributed by atoms with Crippen LogP contribution in [-0.2, 0) is 11.3 Å². The smallest absolute Gasteiger partial charge is 0.222 e. The molecule has 0 amide bonds. The van der Waals surface area contributed by atoms with Gasteiger partial charge in [-0.1, -0.05) is 0 Å². The van der Waals surface area contributed by atoms with E-state index in [4.69, 9.17) is 16.3 Å². The molecular weight excluding hydrogens is 264 g/mol. The molecule has 0 radical (unpaired) electrons. The Labute approximate surface area is 118 Å². The normalized spacial score (nSPS) is 29.2. The minimum absolute atomic E-state index is 0.305. The Balaban J connectivity index is 1.60. The molecule has 2 atom stereocenters. The SMILES string of the molecule is CN1CCO[C@H]2CN(Cc3cnc(Cl)nc3)CC[C@@H]21. The highest BCUT2D eigenvalue weighted by atomic mass is 35.5. The molecule has 0 N–H and O–H groups in total. The number of halogens is 1. The van der Waals surface area contributed by atoms with Crippen molar-refractivity contribution in [2.45, 2.75) is 25.1 Å². The predicted octanol–water partition coefficient (Wildman–Crippen LogP) is 1.03. The Kier molecular flexibility index (Phi) is 3.98. The highest BCUT2D eigenvalue weighted by Crippen LogP contribution is 2.22. The van der Waals surface area contributed by atoms with E-state index in [0.717, 1.165) is 44.8 Å². The number of ether oxygens (including phenoxy) is 1. The van der Waals surface area contributed by atoms with Crippen molar-refractivity contribution in [2.24, 2.45) is 0 Å². The van der Waals surface area contributed by atoms with Crippen molar-refractivity contribution in [3.8, 4) is 0 Å². The molecule has 2 saturated heterocycles. The lowest BCUT2D eigenvalue weighted by Gasteiger charge is -2.45. The van der Waals surface area contributed by atoms with Gasteiger partial charge >= 0.3 is 0 Å². The molecule has 0 aliphatic carbocycles. The summed E-state index contributed by atoms with van der Waals surface area (Å²) in [6.45, 7) is 4.84. The van der Waals surface area contributed by atoms with Crippen molar-refractivity contribution in [3.63, 3.8) is 0 Å². The quantitative estimate of drug-likeness (QED) is 0.758. The van der Waals surface area contributed by atoms with Crippen LogP contribution in [0, 0.1) is 0 Å². The minimum atomic E-state index is 0.305. The van der Waals surface area contributed by atoms with Gasteiger partial charge in [0.2, 0.25) is 5.28 Å². The maximum atomic E-state index is 5.90. The third kappa shape index (κ3) is 3.05. The topological polar surface area (TPSA) is 41.5 Å². The number of fused-ring (bicyclic) bond motifs is 1. The Morgan fingerprint density at radius 2 is 2.16 bits per heavy atom. The molecule has 1 aromatic rings. The summed E-state index contributed by atoms with van der Waals surface area (Å²) in [5, 5.41) is 0.305. The van der Waals surface area contributed by atoms with E-state index in [9.17, 15) is 0 Å². The summed E-state index contributed by atoms with van der Waals surface area (Å²) in [4.78, 5) is 12.9. The molecule has 2 fully saturated rings. The van der Waals surface area contributed by atoms with Gasteiger partial charge in [-0.15, -0.1) is 0 Å². The van der Waals surface area contributed by atoms with Gasteiger partial charge in [-0.2, -0.15) is 0 Å². The number of nitrogens with zero attached hydrogens (tertiary/aromatic N) is 4. The van der Waals surface area contributed by atoms with Crippen molar-refractivity contribution >= 4 is 11.6 Å². The highest BCUT2D eigenvalue weighted by Gasteiger charge is 2.35. The van der Waals surface area contributed by atoms with Crippen molar-refractivity contribution in [1.82, 2.24) is 19.8 Å². The average molecular weight is 283 g/mol. The fourth-order valence-corrected chi connectivity index (χ4v) is 3.07. The van der Waals surface area contributed by atoms with Crippen LogP contribution in [0.15, 0.2) is 12.4 Å². The number of morpholine rings is 1. The minimum Gasteiger partial charge on any atom is -0.374 e. The zero-order valence-corrected chi connectivity index (χ0v) is 11.9. The van der Waals surface area contributed by atoms with Gasteiger partial charge in [-0.25, -0.2) is 9.97 Å². The third-order valence-corrected chi connectivity index (χ3v) is 4.23. The molecule has 0 aromatic carbocycles. The number of hydrogen-bond donors (Lipinski definition) is 0. The average Bonchev–Trinajstić information content (AvgIpc) is 2.42. The maximum Gasteiger partial charge on any atom is 0.222 e. The first-order chi connectivity index (χ1) is 9.22. The molecule has 0 spiro atoms. The summed E-state index contributed by atoms with van der Waals surface area (Å²) in [7, 11) is 2.20. The summed E-state index contributed by atoms with van der Waals surface area (Å²) in [5.41, 5.74) is 1.10. The van der Waals surface area contributed by atoms with Crippen LogP contribution in [-0.4, -0.2) is 65.2 Å². The lowest BCUT2D eigenvalue weighted by Crippen LogP contribution is -2.57. The fraction of sp³-hybridized carbons (Fsp3) is 0.692. The van der Waals surface area contributed by atoms with Gasteiger partial charge in [-0.05, 0) is 25.1 Å². The first-order valence-corrected chi connectivity index (χ1v) is 7.11. The summed E-state index contributed by atoms with van der Waals surface area (Å²) in [6.07, 6.45) is 5.10. The van der Waals surface area contributed by atoms with E-state index in [1.807, 2.05) is 0 Å². The second-order valence-electron chi connectivity index (χ2n) is 5.34. The molecule has 3 heterocycles.